The van der Waals surface area contributed by atoms with Crippen LogP contribution >= 0.6 is 0 Å². The Labute approximate surface area is 82.7 Å². The molecule has 4 bridgehead atoms. The molecule has 0 unspecified atom stereocenters. The van der Waals surface area contributed by atoms with Gasteiger partial charge in [-0.3, -0.25) is 9.97 Å². The molecule has 3 rings (SSSR count). The van der Waals surface area contributed by atoms with E-state index >= 15 is 0 Å². The Morgan fingerprint density at radius 2 is 1.36 bits per heavy atom. The van der Waals surface area contributed by atoms with Crippen molar-refractivity contribution in [1.29, 1.82) is 0 Å². The standard InChI is InChI=1S/C12H10N2/c1-3-13-11-6-9(1)5-10-2-4-14-12(7-10)8-11/h1-4,6-7H,5,8H2. The highest BCUT2D eigenvalue weighted by atomic mass is 14.7. The highest BCUT2D eigenvalue weighted by Crippen LogP contribution is 2.16. The van der Waals surface area contributed by atoms with Crippen LogP contribution in [0.1, 0.15) is 22.5 Å². The van der Waals surface area contributed by atoms with Gasteiger partial charge in [-0.15, -0.1) is 0 Å². The lowest BCUT2D eigenvalue weighted by atomic mass is 10.0. The lowest BCUT2D eigenvalue weighted by molar-refractivity contribution is 0.967. The minimum absolute atomic E-state index is 0.849. The molecule has 1 aliphatic carbocycles. The molecule has 2 heteroatoms. The number of pyridine rings is 2. The molecule has 0 aliphatic heterocycles. The molecule has 0 N–H and O–H groups in total. The third-order valence-corrected chi connectivity index (χ3v) is 2.53. The van der Waals surface area contributed by atoms with Crippen LogP contribution in [0.5, 0.6) is 0 Å². The molecule has 2 heterocycles. The maximum Gasteiger partial charge on any atom is 0.0466 e. The number of rotatable bonds is 0. The summed E-state index contributed by atoms with van der Waals surface area (Å²) in [6.07, 6.45) is 5.61. The van der Waals surface area contributed by atoms with Gasteiger partial charge in [0.2, 0.25) is 0 Å². The van der Waals surface area contributed by atoms with Crippen molar-refractivity contribution in [2.75, 3.05) is 0 Å². The van der Waals surface area contributed by atoms with Crippen LogP contribution in [-0.4, -0.2) is 9.97 Å². The van der Waals surface area contributed by atoms with E-state index in [1.54, 1.807) is 0 Å². The van der Waals surface area contributed by atoms with Crippen molar-refractivity contribution in [2.45, 2.75) is 12.8 Å². The van der Waals surface area contributed by atoms with Gasteiger partial charge in [0.25, 0.3) is 0 Å². The van der Waals surface area contributed by atoms with Crippen LogP contribution in [0.3, 0.4) is 0 Å². The SMILES string of the molecule is c1cc2cc(n1)Cc1cc(ccn1)C2. The third kappa shape index (κ3) is 1.29. The molecule has 0 saturated carbocycles. The van der Waals surface area contributed by atoms with E-state index in [1.807, 2.05) is 12.4 Å². The maximum atomic E-state index is 4.32. The van der Waals surface area contributed by atoms with E-state index in [9.17, 15) is 0 Å². The Balaban J connectivity index is 2.17. The summed E-state index contributed by atoms with van der Waals surface area (Å²) in [5.41, 5.74) is 4.91. The number of nitrogens with zero attached hydrogens (tertiary/aromatic N) is 2. The van der Waals surface area contributed by atoms with Crippen LogP contribution in [0, 0.1) is 0 Å². The van der Waals surface area contributed by atoms with Gasteiger partial charge >= 0.3 is 0 Å². The average Bonchev–Trinajstić information content (AvgIpc) is 2.17. The topological polar surface area (TPSA) is 25.8 Å². The predicted octanol–water partition coefficient (Wildman–Crippen LogP) is 1.97. The van der Waals surface area contributed by atoms with Gasteiger partial charge in [-0.2, -0.15) is 0 Å². The largest absolute Gasteiger partial charge is 0.261 e. The van der Waals surface area contributed by atoms with Gasteiger partial charge in [-0.1, -0.05) is 0 Å². The minimum atomic E-state index is 0.849. The number of fused-ring (bicyclic) bond motifs is 4. The molecule has 1 aliphatic rings. The van der Waals surface area contributed by atoms with Gasteiger partial charge in [-0.05, 0) is 41.8 Å². The van der Waals surface area contributed by atoms with Gasteiger partial charge in [-0.25, -0.2) is 0 Å². The zero-order chi connectivity index (χ0) is 9.38. The van der Waals surface area contributed by atoms with Crippen molar-refractivity contribution in [3.63, 3.8) is 0 Å². The number of hydrogen-bond acceptors (Lipinski definition) is 2. The second-order valence-electron chi connectivity index (χ2n) is 3.66. The first-order chi connectivity index (χ1) is 6.90. The van der Waals surface area contributed by atoms with Crippen molar-refractivity contribution in [3.8, 4) is 0 Å². The average molecular weight is 182 g/mol. The molecule has 0 saturated heterocycles. The van der Waals surface area contributed by atoms with Crippen LogP contribution in [0.4, 0.5) is 0 Å². The van der Waals surface area contributed by atoms with Crippen molar-refractivity contribution >= 4 is 0 Å². The second-order valence-corrected chi connectivity index (χ2v) is 3.66. The van der Waals surface area contributed by atoms with Gasteiger partial charge in [0.05, 0.1) is 0 Å². The van der Waals surface area contributed by atoms with E-state index in [1.165, 1.54) is 11.1 Å². The van der Waals surface area contributed by atoms with Crippen molar-refractivity contribution in [3.05, 3.63) is 59.2 Å². The molecule has 2 aromatic heterocycles. The van der Waals surface area contributed by atoms with Gasteiger partial charge in [0.15, 0.2) is 0 Å². The zero-order valence-corrected chi connectivity index (χ0v) is 7.77. The summed E-state index contributed by atoms with van der Waals surface area (Å²) in [4.78, 5) is 8.65. The molecule has 0 radical (unpaired) electrons. The summed E-state index contributed by atoms with van der Waals surface area (Å²) in [6.45, 7) is 0. The first-order valence-corrected chi connectivity index (χ1v) is 4.78. The van der Waals surface area contributed by atoms with Crippen LogP contribution in [0.15, 0.2) is 36.7 Å². The lowest BCUT2D eigenvalue weighted by Gasteiger charge is -2.10. The van der Waals surface area contributed by atoms with Gasteiger partial charge < -0.3 is 0 Å². The Morgan fingerprint density at radius 1 is 0.786 bits per heavy atom. The third-order valence-electron chi connectivity index (χ3n) is 2.53. The Kier molecular flexibility index (Phi) is 1.60. The predicted molar refractivity (Wildman–Crippen MR) is 54.1 cm³/mol. The molecule has 0 fully saturated rings. The quantitative estimate of drug-likeness (QED) is 0.531. The molecule has 0 aromatic carbocycles. The lowest BCUT2D eigenvalue weighted by Crippen LogP contribution is -2.02. The molecular weight excluding hydrogens is 172 g/mol. The smallest absolute Gasteiger partial charge is 0.0466 e. The van der Waals surface area contributed by atoms with E-state index in [-0.39, 0.29) is 0 Å². The summed E-state index contributed by atoms with van der Waals surface area (Å²) in [5, 5.41) is 0. The molecular formula is C12H10N2. The fourth-order valence-corrected chi connectivity index (χ4v) is 1.89. The molecule has 68 valence electrons. The summed E-state index contributed by atoms with van der Waals surface area (Å²) < 4.78 is 0. The van der Waals surface area contributed by atoms with Crippen LogP contribution < -0.4 is 0 Å². The van der Waals surface area contributed by atoms with Crippen LogP contribution in [-0.2, 0) is 12.8 Å². The van der Waals surface area contributed by atoms with Gasteiger partial charge in [0.1, 0.15) is 0 Å². The first kappa shape index (κ1) is 7.68. The van der Waals surface area contributed by atoms with E-state index in [4.69, 9.17) is 0 Å². The van der Waals surface area contributed by atoms with Crippen molar-refractivity contribution in [2.24, 2.45) is 0 Å². The normalized spacial score (nSPS) is 13.1. The number of aromatic nitrogens is 2. The van der Waals surface area contributed by atoms with Crippen LogP contribution in [0.25, 0.3) is 0 Å². The van der Waals surface area contributed by atoms with E-state index in [2.05, 4.69) is 34.2 Å². The Morgan fingerprint density at radius 3 is 1.93 bits per heavy atom. The summed E-state index contributed by atoms with van der Waals surface area (Å²) >= 11 is 0. The van der Waals surface area contributed by atoms with E-state index < -0.39 is 0 Å². The Hall–Kier alpha value is -1.70. The summed E-state index contributed by atoms with van der Waals surface area (Å²) in [7, 11) is 0. The highest BCUT2D eigenvalue weighted by Gasteiger charge is 2.06. The molecule has 14 heavy (non-hydrogen) atoms. The summed E-state index contributed by atoms with van der Waals surface area (Å²) in [5.74, 6) is 0. The van der Waals surface area contributed by atoms with E-state index in [0.29, 0.717) is 0 Å². The monoisotopic (exact) mass is 182 g/mol. The molecule has 0 amide bonds. The van der Waals surface area contributed by atoms with Crippen molar-refractivity contribution < 1.29 is 0 Å². The van der Waals surface area contributed by atoms with Crippen LogP contribution in [0.2, 0.25) is 0 Å². The number of hydrogen-bond donors (Lipinski definition) is 0. The fraction of sp³-hybridized carbons (Fsp3) is 0.167. The zero-order valence-electron chi connectivity index (χ0n) is 7.77. The highest BCUT2D eigenvalue weighted by molar-refractivity contribution is 5.31. The molecule has 2 nitrogen and oxygen atoms in total. The molecule has 2 aromatic rings. The second kappa shape index (κ2) is 2.91. The van der Waals surface area contributed by atoms with Gasteiger partial charge in [0, 0.05) is 30.2 Å². The fourth-order valence-electron chi connectivity index (χ4n) is 1.89. The maximum absolute atomic E-state index is 4.32. The summed E-state index contributed by atoms with van der Waals surface area (Å²) in [6, 6.07) is 8.49. The molecule has 0 spiro atoms. The minimum Gasteiger partial charge on any atom is -0.261 e. The van der Waals surface area contributed by atoms with Crippen molar-refractivity contribution in [1.82, 2.24) is 9.97 Å². The molecule has 0 atom stereocenters. The van der Waals surface area contributed by atoms with E-state index in [0.717, 1.165) is 24.2 Å². The first-order valence-electron chi connectivity index (χ1n) is 4.78. The Bertz CT molecular complexity index is 397.